The summed E-state index contributed by atoms with van der Waals surface area (Å²) in [7, 11) is 3.47. The van der Waals surface area contributed by atoms with Crippen molar-refractivity contribution in [3.8, 4) is 0 Å². The zero-order valence-corrected chi connectivity index (χ0v) is 16.7. The molecule has 28 heavy (non-hydrogen) atoms. The van der Waals surface area contributed by atoms with Gasteiger partial charge in [0.05, 0.1) is 0 Å². The SMILES string of the molecule is CN(C)C(=O)C1CCCN1C(=O)C1CCN(C(=O)/C=C/c2ccccc2)CC1. The molecule has 150 valence electrons. The van der Waals surface area contributed by atoms with E-state index in [-0.39, 0.29) is 29.7 Å². The van der Waals surface area contributed by atoms with E-state index in [2.05, 4.69) is 0 Å². The molecule has 0 aromatic heterocycles. The fraction of sp³-hybridized carbons (Fsp3) is 0.500. The molecule has 1 atom stereocenters. The smallest absolute Gasteiger partial charge is 0.246 e. The Balaban J connectivity index is 1.53. The number of likely N-dealkylation sites (tertiary alicyclic amines) is 2. The minimum Gasteiger partial charge on any atom is -0.347 e. The van der Waals surface area contributed by atoms with Crippen molar-refractivity contribution in [1.82, 2.24) is 14.7 Å². The van der Waals surface area contributed by atoms with Crippen LogP contribution >= 0.6 is 0 Å². The van der Waals surface area contributed by atoms with Crippen molar-refractivity contribution in [2.75, 3.05) is 33.7 Å². The summed E-state index contributed by atoms with van der Waals surface area (Å²) >= 11 is 0. The fourth-order valence-electron chi connectivity index (χ4n) is 4.00. The van der Waals surface area contributed by atoms with Crippen molar-refractivity contribution in [3.63, 3.8) is 0 Å². The molecule has 6 heteroatoms. The quantitative estimate of drug-likeness (QED) is 0.748. The highest BCUT2D eigenvalue weighted by atomic mass is 16.2. The van der Waals surface area contributed by atoms with Gasteiger partial charge in [-0.25, -0.2) is 0 Å². The van der Waals surface area contributed by atoms with Gasteiger partial charge in [-0.15, -0.1) is 0 Å². The van der Waals surface area contributed by atoms with Gasteiger partial charge in [-0.2, -0.15) is 0 Å². The van der Waals surface area contributed by atoms with Crippen LogP contribution in [0.4, 0.5) is 0 Å². The molecule has 6 nitrogen and oxygen atoms in total. The number of hydrogen-bond acceptors (Lipinski definition) is 3. The largest absolute Gasteiger partial charge is 0.347 e. The average molecular weight is 383 g/mol. The molecular formula is C22H29N3O3. The number of carbonyl (C=O) groups is 3. The van der Waals surface area contributed by atoms with Crippen LogP contribution < -0.4 is 0 Å². The molecule has 2 aliphatic rings. The van der Waals surface area contributed by atoms with E-state index in [1.807, 2.05) is 36.4 Å². The highest BCUT2D eigenvalue weighted by molar-refractivity contribution is 5.92. The Kier molecular flexibility index (Phi) is 6.49. The lowest BCUT2D eigenvalue weighted by molar-refractivity contribution is -0.146. The van der Waals surface area contributed by atoms with E-state index >= 15 is 0 Å². The Labute approximate surface area is 166 Å². The summed E-state index contributed by atoms with van der Waals surface area (Å²) in [5, 5.41) is 0. The minimum atomic E-state index is -0.323. The number of amides is 3. The summed E-state index contributed by atoms with van der Waals surface area (Å²) in [4.78, 5) is 42.9. The number of carbonyl (C=O) groups excluding carboxylic acids is 3. The number of nitrogens with zero attached hydrogens (tertiary/aromatic N) is 3. The summed E-state index contributed by atoms with van der Waals surface area (Å²) in [6, 6.07) is 9.41. The van der Waals surface area contributed by atoms with Crippen LogP contribution in [0.2, 0.25) is 0 Å². The molecule has 3 amide bonds. The maximum Gasteiger partial charge on any atom is 0.246 e. The summed E-state index contributed by atoms with van der Waals surface area (Å²) in [6.07, 6.45) is 6.35. The lowest BCUT2D eigenvalue weighted by Gasteiger charge is -2.34. The Morgan fingerprint density at radius 3 is 2.32 bits per heavy atom. The Morgan fingerprint density at radius 1 is 1.00 bits per heavy atom. The minimum absolute atomic E-state index is 0.00418. The summed E-state index contributed by atoms with van der Waals surface area (Å²) in [5.74, 6) is -0.0385. The van der Waals surface area contributed by atoms with Gasteiger partial charge >= 0.3 is 0 Å². The predicted octanol–water partition coefficient (Wildman–Crippen LogP) is 2.02. The van der Waals surface area contributed by atoms with Crippen LogP contribution in [0.3, 0.4) is 0 Å². The fourth-order valence-corrected chi connectivity index (χ4v) is 4.00. The average Bonchev–Trinajstić information content (AvgIpc) is 3.21. The van der Waals surface area contributed by atoms with E-state index in [0.717, 1.165) is 18.4 Å². The molecule has 1 unspecified atom stereocenters. The zero-order valence-electron chi connectivity index (χ0n) is 16.7. The van der Waals surface area contributed by atoms with Gasteiger partial charge in [-0.3, -0.25) is 14.4 Å². The van der Waals surface area contributed by atoms with Gasteiger partial charge < -0.3 is 14.7 Å². The van der Waals surface area contributed by atoms with E-state index in [4.69, 9.17) is 0 Å². The first-order valence-electron chi connectivity index (χ1n) is 10.0. The zero-order chi connectivity index (χ0) is 20.1. The van der Waals surface area contributed by atoms with E-state index < -0.39 is 0 Å². The van der Waals surface area contributed by atoms with Gasteiger partial charge in [0, 0.05) is 45.7 Å². The maximum absolute atomic E-state index is 13.0. The monoisotopic (exact) mass is 383 g/mol. The van der Waals surface area contributed by atoms with Crippen molar-refractivity contribution in [1.29, 1.82) is 0 Å². The van der Waals surface area contributed by atoms with Crippen molar-refractivity contribution < 1.29 is 14.4 Å². The second kappa shape index (κ2) is 9.04. The van der Waals surface area contributed by atoms with Crippen molar-refractivity contribution >= 4 is 23.8 Å². The van der Waals surface area contributed by atoms with Gasteiger partial charge in [0.25, 0.3) is 0 Å². The molecule has 0 N–H and O–H groups in total. The van der Waals surface area contributed by atoms with E-state index in [1.165, 1.54) is 0 Å². The van der Waals surface area contributed by atoms with Gasteiger partial charge in [-0.1, -0.05) is 30.3 Å². The first-order chi connectivity index (χ1) is 13.5. The summed E-state index contributed by atoms with van der Waals surface area (Å²) in [5.41, 5.74) is 0.992. The van der Waals surface area contributed by atoms with Crippen LogP contribution in [0.25, 0.3) is 6.08 Å². The number of piperidine rings is 1. The van der Waals surface area contributed by atoms with Crippen molar-refractivity contribution in [2.45, 2.75) is 31.7 Å². The standard InChI is InChI=1S/C22H29N3O3/c1-23(2)22(28)19-9-6-14-25(19)21(27)18-12-15-24(16-13-18)20(26)11-10-17-7-4-3-5-8-17/h3-5,7-8,10-11,18-19H,6,9,12-16H2,1-2H3/b11-10+. The number of hydrogen-bond donors (Lipinski definition) is 0. The van der Waals surface area contributed by atoms with Gasteiger partial charge in [0.15, 0.2) is 0 Å². The maximum atomic E-state index is 13.0. The van der Waals surface area contributed by atoms with Crippen LogP contribution in [0.5, 0.6) is 0 Å². The normalized spacial score (nSPS) is 20.6. The molecule has 0 saturated carbocycles. The summed E-state index contributed by atoms with van der Waals surface area (Å²) in [6.45, 7) is 1.81. The van der Waals surface area contributed by atoms with Crippen molar-refractivity contribution in [2.24, 2.45) is 5.92 Å². The molecule has 2 heterocycles. The van der Waals surface area contributed by atoms with E-state index in [0.29, 0.717) is 32.5 Å². The third-order valence-corrected chi connectivity index (χ3v) is 5.64. The number of rotatable bonds is 4. The molecule has 0 radical (unpaired) electrons. The molecule has 0 bridgehead atoms. The van der Waals surface area contributed by atoms with Crippen LogP contribution in [-0.4, -0.2) is 72.2 Å². The van der Waals surface area contributed by atoms with Crippen LogP contribution in [0.1, 0.15) is 31.2 Å². The summed E-state index contributed by atoms with van der Waals surface area (Å²) < 4.78 is 0. The number of benzene rings is 1. The van der Waals surface area contributed by atoms with Crippen molar-refractivity contribution in [3.05, 3.63) is 42.0 Å². The Hall–Kier alpha value is -2.63. The second-order valence-electron chi connectivity index (χ2n) is 7.77. The molecule has 2 saturated heterocycles. The molecular weight excluding hydrogens is 354 g/mol. The first-order valence-corrected chi connectivity index (χ1v) is 10.0. The third kappa shape index (κ3) is 4.61. The van der Waals surface area contributed by atoms with E-state index in [1.54, 1.807) is 34.9 Å². The first kappa shape index (κ1) is 20.1. The molecule has 2 fully saturated rings. The topological polar surface area (TPSA) is 60.9 Å². The molecule has 3 rings (SSSR count). The molecule has 2 aliphatic heterocycles. The second-order valence-corrected chi connectivity index (χ2v) is 7.77. The van der Waals surface area contributed by atoms with Gasteiger partial charge in [0.2, 0.25) is 17.7 Å². The molecule has 0 aliphatic carbocycles. The highest BCUT2D eigenvalue weighted by Crippen LogP contribution is 2.26. The van der Waals surface area contributed by atoms with Gasteiger partial charge in [0.1, 0.15) is 6.04 Å². The predicted molar refractivity (Wildman–Crippen MR) is 108 cm³/mol. The third-order valence-electron chi connectivity index (χ3n) is 5.64. The van der Waals surface area contributed by atoms with E-state index in [9.17, 15) is 14.4 Å². The van der Waals surface area contributed by atoms with Crippen LogP contribution in [0, 0.1) is 5.92 Å². The van der Waals surface area contributed by atoms with Gasteiger partial charge in [-0.05, 0) is 37.3 Å². The number of likely N-dealkylation sites (N-methyl/N-ethyl adjacent to an activating group) is 1. The highest BCUT2D eigenvalue weighted by Gasteiger charge is 2.38. The Bertz CT molecular complexity index is 737. The molecule has 0 spiro atoms. The lowest BCUT2D eigenvalue weighted by Crippen LogP contribution is -2.49. The molecule has 1 aromatic rings. The lowest BCUT2D eigenvalue weighted by atomic mass is 9.94. The molecule has 1 aromatic carbocycles. The van der Waals surface area contributed by atoms with Crippen LogP contribution in [0.15, 0.2) is 36.4 Å². The van der Waals surface area contributed by atoms with Crippen LogP contribution in [-0.2, 0) is 14.4 Å². The Morgan fingerprint density at radius 2 is 1.68 bits per heavy atom.